The summed E-state index contributed by atoms with van der Waals surface area (Å²) < 4.78 is 0. The number of rotatable bonds is 7. The Morgan fingerprint density at radius 1 is 1.00 bits per heavy atom. The summed E-state index contributed by atoms with van der Waals surface area (Å²) in [4.78, 5) is 37.8. The molecular formula is C30H44N8O2. The highest BCUT2D eigenvalue weighted by molar-refractivity contribution is 5.92. The summed E-state index contributed by atoms with van der Waals surface area (Å²) >= 11 is 0. The molecule has 2 aliphatic heterocycles. The Balaban J connectivity index is 1.29. The zero-order valence-corrected chi connectivity index (χ0v) is 23.9. The van der Waals surface area contributed by atoms with Crippen LogP contribution in [0.2, 0.25) is 0 Å². The number of nitrogens with one attached hydrogen (secondary N) is 3. The topological polar surface area (TPSA) is 129 Å². The van der Waals surface area contributed by atoms with Gasteiger partial charge in [-0.2, -0.15) is 0 Å². The van der Waals surface area contributed by atoms with Crippen molar-refractivity contribution < 1.29 is 9.59 Å². The normalized spacial score (nSPS) is 24.8. The van der Waals surface area contributed by atoms with Crippen molar-refractivity contribution in [2.75, 3.05) is 45.6 Å². The lowest BCUT2D eigenvalue weighted by Crippen LogP contribution is -2.65. The predicted molar refractivity (Wildman–Crippen MR) is 156 cm³/mol. The number of hydrogen-bond donors (Lipinski definition) is 4. The van der Waals surface area contributed by atoms with Gasteiger partial charge in [0.2, 0.25) is 0 Å². The molecule has 3 heterocycles. The number of anilines is 1. The van der Waals surface area contributed by atoms with E-state index in [0.717, 1.165) is 11.7 Å². The number of hydrogen-bond acceptors (Lipinski definition) is 7. The molecule has 5 N–H and O–H groups in total. The van der Waals surface area contributed by atoms with Gasteiger partial charge in [-0.1, -0.05) is 31.4 Å². The highest BCUT2D eigenvalue weighted by Gasteiger charge is 2.40. The summed E-state index contributed by atoms with van der Waals surface area (Å²) in [5.74, 6) is -0.195. The Labute approximate surface area is 237 Å². The van der Waals surface area contributed by atoms with E-state index < -0.39 is 11.6 Å². The van der Waals surface area contributed by atoms with Crippen LogP contribution in [0.4, 0.5) is 10.5 Å². The van der Waals surface area contributed by atoms with E-state index in [1.54, 1.807) is 20.3 Å². The zero-order chi connectivity index (χ0) is 28.1. The Kier molecular flexibility index (Phi) is 8.85. The zero-order valence-electron chi connectivity index (χ0n) is 23.9. The molecule has 3 fully saturated rings. The van der Waals surface area contributed by atoms with Crippen LogP contribution in [0.5, 0.6) is 0 Å². The predicted octanol–water partition coefficient (Wildman–Crippen LogP) is 3.24. The van der Waals surface area contributed by atoms with Gasteiger partial charge in [0.05, 0.1) is 5.69 Å². The fraction of sp³-hybridized carbons (Fsp3) is 0.600. The maximum Gasteiger partial charge on any atom is 0.318 e. The van der Waals surface area contributed by atoms with Crippen LogP contribution in [0.15, 0.2) is 36.7 Å². The molecule has 10 nitrogen and oxygen atoms in total. The van der Waals surface area contributed by atoms with Crippen molar-refractivity contribution in [2.24, 2.45) is 5.73 Å². The summed E-state index contributed by atoms with van der Waals surface area (Å²) in [7, 11) is 3.44. The molecule has 2 atom stereocenters. The number of nitrogens with zero attached hydrogens (tertiary/aromatic N) is 4. The van der Waals surface area contributed by atoms with Crippen molar-refractivity contribution in [3.8, 4) is 0 Å². The van der Waals surface area contributed by atoms with Crippen LogP contribution in [-0.2, 0) is 0 Å². The third-order valence-corrected chi connectivity index (χ3v) is 8.90. The molecule has 2 saturated heterocycles. The van der Waals surface area contributed by atoms with Crippen LogP contribution >= 0.6 is 0 Å². The minimum absolute atomic E-state index is 0.169. The number of primary amides is 1. The smallest absolute Gasteiger partial charge is 0.318 e. The summed E-state index contributed by atoms with van der Waals surface area (Å²) in [6, 6.07) is 9.29. The number of amides is 3. The van der Waals surface area contributed by atoms with E-state index in [-0.39, 0.29) is 17.6 Å². The lowest BCUT2D eigenvalue weighted by Gasteiger charge is -2.43. The number of aromatic nitrogens is 2. The first-order chi connectivity index (χ1) is 19.3. The molecule has 0 radical (unpaired) electrons. The van der Waals surface area contributed by atoms with Gasteiger partial charge in [-0.15, -0.1) is 0 Å². The molecule has 0 bridgehead atoms. The summed E-state index contributed by atoms with van der Waals surface area (Å²) in [5.41, 5.74) is 7.82. The van der Waals surface area contributed by atoms with E-state index in [2.05, 4.69) is 55.1 Å². The van der Waals surface area contributed by atoms with Crippen molar-refractivity contribution >= 4 is 17.6 Å². The van der Waals surface area contributed by atoms with Crippen molar-refractivity contribution in [3.05, 3.63) is 53.6 Å². The van der Waals surface area contributed by atoms with Crippen LogP contribution in [0.1, 0.15) is 84.9 Å². The Hall–Kier alpha value is -3.24. The van der Waals surface area contributed by atoms with Crippen molar-refractivity contribution in [3.63, 3.8) is 0 Å². The molecule has 10 heteroatoms. The summed E-state index contributed by atoms with van der Waals surface area (Å²) in [6.45, 7) is 3.49. The molecule has 1 saturated carbocycles. The fourth-order valence-corrected chi connectivity index (χ4v) is 6.75. The van der Waals surface area contributed by atoms with Gasteiger partial charge in [0.1, 0.15) is 11.4 Å². The van der Waals surface area contributed by atoms with E-state index >= 15 is 0 Å². The number of urea groups is 1. The number of likely N-dealkylation sites (tertiary alicyclic amines) is 1. The molecule has 1 aliphatic carbocycles. The molecule has 216 valence electrons. The van der Waals surface area contributed by atoms with Crippen LogP contribution in [0.3, 0.4) is 0 Å². The molecule has 1 aromatic carbocycles. The number of carbonyl (C=O) groups is 2. The standard InChI is InChI=1S/C30H44N8O2/c1-37(2)29(40)36-30(18-23(19-32-20-30)26-27(28(31)39)34-15-14-33-26)35-24-10-8-21(9-11-24)22-12-16-38(17-13-22)25-6-4-3-5-7-25/h8-11,14-15,22-23,25,32,35H,3-7,12-13,16-20H2,1-2H3,(H2,31,39)(H,36,40)/t23?,30-/m1/s1. The van der Waals surface area contributed by atoms with E-state index in [0.29, 0.717) is 31.1 Å². The van der Waals surface area contributed by atoms with Crippen LogP contribution in [0, 0.1) is 0 Å². The highest BCUT2D eigenvalue weighted by Crippen LogP contribution is 2.34. The molecule has 3 aliphatic rings. The number of nitrogens with two attached hydrogens (primary N) is 1. The lowest BCUT2D eigenvalue weighted by atomic mass is 9.85. The Morgan fingerprint density at radius 2 is 1.70 bits per heavy atom. The largest absolute Gasteiger partial charge is 0.364 e. The summed E-state index contributed by atoms with van der Waals surface area (Å²) in [5, 5.41) is 10.2. The first-order valence-corrected chi connectivity index (χ1v) is 14.8. The summed E-state index contributed by atoms with van der Waals surface area (Å²) in [6.07, 6.45) is 12.9. The third kappa shape index (κ3) is 6.55. The van der Waals surface area contributed by atoms with Gasteiger partial charge in [-0.05, 0) is 68.8 Å². The molecular weight excluding hydrogens is 504 g/mol. The monoisotopic (exact) mass is 548 g/mol. The van der Waals surface area contributed by atoms with Gasteiger partial charge in [0, 0.05) is 57.2 Å². The number of piperidine rings is 2. The van der Waals surface area contributed by atoms with Gasteiger partial charge in [0.25, 0.3) is 5.91 Å². The van der Waals surface area contributed by atoms with Gasteiger partial charge in [-0.25, -0.2) is 9.78 Å². The third-order valence-electron chi connectivity index (χ3n) is 8.90. The quantitative estimate of drug-likeness (QED) is 0.391. The average Bonchev–Trinajstić information content (AvgIpc) is 2.98. The molecule has 3 amide bonds. The maximum absolute atomic E-state index is 12.9. The van der Waals surface area contributed by atoms with Gasteiger partial charge in [0.15, 0.2) is 0 Å². The molecule has 5 rings (SSSR count). The molecule has 40 heavy (non-hydrogen) atoms. The van der Waals surface area contributed by atoms with Crippen molar-refractivity contribution in [1.82, 2.24) is 30.4 Å². The fourth-order valence-electron chi connectivity index (χ4n) is 6.75. The Morgan fingerprint density at radius 3 is 2.38 bits per heavy atom. The molecule has 1 aromatic heterocycles. The molecule has 1 unspecified atom stereocenters. The second-order valence-electron chi connectivity index (χ2n) is 11.9. The van der Waals surface area contributed by atoms with Crippen molar-refractivity contribution in [1.29, 1.82) is 0 Å². The first-order valence-electron chi connectivity index (χ1n) is 14.8. The number of carbonyl (C=O) groups excluding carboxylic acids is 2. The minimum Gasteiger partial charge on any atom is -0.364 e. The minimum atomic E-state index is -0.802. The SMILES string of the molecule is CN(C)C(=O)N[C@@]1(Nc2ccc(C3CCN(C4CCCCC4)CC3)cc2)CNCC(c2nccnc2C(N)=O)C1. The van der Waals surface area contributed by atoms with Crippen LogP contribution in [-0.4, -0.2) is 83.7 Å². The Bertz CT molecular complexity index is 1160. The van der Waals surface area contributed by atoms with Gasteiger partial charge >= 0.3 is 6.03 Å². The highest BCUT2D eigenvalue weighted by atomic mass is 16.2. The van der Waals surface area contributed by atoms with E-state index in [1.165, 1.54) is 74.7 Å². The van der Waals surface area contributed by atoms with Crippen LogP contribution < -0.4 is 21.7 Å². The van der Waals surface area contributed by atoms with Gasteiger partial charge < -0.3 is 31.5 Å². The van der Waals surface area contributed by atoms with E-state index in [1.807, 2.05) is 0 Å². The average molecular weight is 549 g/mol. The lowest BCUT2D eigenvalue weighted by molar-refractivity contribution is 0.0992. The first kappa shape index (κ1) is 28.3. The molecule has 0 spiro atoms. The van der Waals surface area contributed by atoms with Gasteiger partial charge in [-0.3, -0.25) is 9.78 Å². The van der Waals surface area contributed by atoms with E-state index in [4.69, 9.17) is 5.73 Å². The second kappa shape index (κ2) is 12.5. The molecule has 2 aromatic rings. The second-order valence-corrected chi connectivity index (χ2v) is 11.9. The maximum atomic E-state index is 12.9. The number of benzene rings is 1. The van der Waals surface area contributed by atoms with Crippen LogP contribution in [0.25, 0.3) is 0 Å². The van der Waals surface area contributed by atoms with E-state index in [9.17, 15) is 9.59 Å². The van der Waals surface area contributed by atoms with Crippen molar-refractivity contribution in [2.45, 2.75) is 74.9 Å².